The van der Waals surface area contributed by atoms with Gasteiger partial charge in [-0.2, -0.15) is 0 Å². The summed E-state index contributed by atoms with van der Waals surface area (Å²) < 4.78 is 0. The summed E-state index contributed by atoms with van der Waals surface area (Å²) in [6.45, 7) is 6.10. The van der Waals surface area contributed by atoms with Crippen LogP contribution in [0.4, 0.5) is 0 Å². The number of hydrogen-bond donors (Lipinski definition) is 1. The number of rotatable bonds is 4. The number of nitrogens with one attached hydrogen (secondary N) is 1. The van der Waals surface area contributed by atoms with E-state index in [1.807, 2.05) is 24.4 Å². The molecule has 2 atom stereocenters. The average molecular weight is 258 g/mol. The molecule has 0 aromatic carbocycles. The van der Waals surface area contributed by atoms with Crippen molar-refractivity contribution in [1.29, 1.82) is 0 Å². The van der Waals surface area contributed by atoms with Crippen molar-refractivity contribution in [2.45, 2.75) is 39.7 Å². The molecule has 2 bridgehead atoms. The zero-order valence-corrected chi connectivity index (χ0v) is 11.8. The second kappa shape index (κ2) is 4.41. The maximum atomic E-state index is 12.4. The fourth-order valence-electron chi connectivity index (χ4n) is 4.09. The molecule has 2 unspecified atom stereocenters. The third-order valence-electron chi connectivity index (χ3n) is 5.60. The molecule has 2 fully saturated rings. The zero-order chi connectivity index (χ0) is 13.5. The standard InChI is InChI=1S/C16H22N2O/c1-15(2)12-6-7-16(15,14(19)9-12)11-17-10-13-5-3-4-8-18-13/h3-5,8,12,17H,6-7,9-11H2,1-2H3. The van der Waals surface area contributed by atoms with Crippen molar-refractivity contribution in [2.75, 3.05) is 6.54 Å². The van der Waals surface area contributed by atoms with E-state index >= 15 is 0 Å². The largest absolute Gasteiger partial charge is 0.310 e. The first-order chi connectivity index (χ1) is 9.06. The summed E-state index contributed by atoms with van der Waals surface area (Å²) in [7, 11) is 0. The molecule has 1 aromatic rings. The van der Waals surface area contributed by atoms with Gasteiger partial charge in [0.15, 0.2) is 0 Å². The molecule has 0 spiro atoms. The van der Waals surface area contributed by atoms with Gasteiger partial charge in [-0.25, -0.2) is 0 Å². The molecule has 1 aromatic heterocycles. The topological polar surface area (TPSA) is 42.0 Å². The number of carbonyl (C=O) groups is 1. The molecule has 2 aliphatic carbocycles. The monoisotopic (exact) mass is 258 g/mol. The Morgan fingerprint density at radius 3 is 2.84 bits per heavy atom. The van der Waals surface area contributed by atoms with Crippen molar-refractivity contribution < 1.29 is 4.79 Å². The Balaban J connectivity index is 1.68. The van der Waals surface area contributed by atoms with Crippen LogP contribution in [0, 0.1) is 16.7 Å². The van der Waals surface area contributed by atoms with E-state index in [9.17, 15) is 4.79 Å². The summed E-state index contributed by atoms with van der Waals surface area (Å²) in [5, 5.41) is 3.46. The lowest BCUT2D eigenvalue weighted by atomic mass is 9.69. The van der Waals surface area contributed by atoms with Crippen molar-refractivity contribution in [2.24, 2.45) is 16.7 Å². The van der Waals surface area contributed by atoms with Gasteiger partial charge in [0, 0.05) is 31.1 Å². The molecular formula is C16H22N2O. The van der Waals surface area contributed by atoms with E-state index < -0.39 is 0 Å². The highest BCUT2D eigenvalue weighted by Gasteiger charge is 2.63. The zero-order valence-electron chi connectivity index (χ0n) is 11.8. The molecule has 3 nitrogen and oxygen atoms in total. The number of aromatic nitrogens is 1. The summed E-state index contributed by atoms with van der Waals surface area (Å²) in [4.78, 5) is 16.7. The van der Waals surface area contributed by atoms with Crippen molar-refractivity contribution in [3.8, 4) is 0 Å². The molecule has 0 saturated heterocycles. The summed E-state index contributed by atoms with van der Waals surface area (Å²) in [6.07, 6.45) is 4.87. The van der Waals surface area contributed by atoms with Crippen LogP contribution >= 0.6 is 0 Å². The third-order valence-corrected chi connectivity index (χ3v) is 5.60. The molecule has 19 heavy (non-hydrogen) atoms. The number of ketones is 1. The van der Waals surface area contributed by atoms with Crippen molar-refractivity contribution in [3.05, 3.63) is 30.1 Å². The number of fused-ring (bicyclic) bond motifs is 2. The van der Waals surface area contributed by atoms with Gasteiger partial charge < -0.3 is 5.32 Å². The Kier molecular flexibility index (Phi) is 2.97. The van der Waals surface area contributed by atoms with E-state index in [2.05, 4.69) is 24.1 Å². The van der Waals surface area contributed by atoms with Crippen LogP contribution in [0.25, 0.3) is 0 Å². The summed E-state index contributed by atoms with van der Waals surface area (Å²) >= 11 is 0. The average Bonchev–Trinajstić information content (AvgIpc) is 2.74. The Labute approximate surface area is 114 Å². The Bertz CT molecular complexity index is 483. The molecule has 3 heteroatoms. The quantitative estimate of drug-likeness (QED) is 0.902. The minimum atomic E-state index is -0.132. The van der Waals surface area contributed by atoms with E-state index in [-0.39, 0.29) is 10.8 Å². The Morgan fingerprint density at radius 2 is 2.26 bits per heavy atom. The number of carbonyl (C=O) groups excluding carboxylic acids is 1. The van der Waals surface area contributed by atoms with Gasteiger partial charge in [0.2, 0.25) is 0 Å². The lowest BCUT2D eigenvalue weighted by Gasteiger charge is -2.36. The first-order valence-corrected chi connectivity index (χ1v) is 7.20. The molecule has 2 saturated carbocycles. The summed E-state index contributed by atoms with van der Waals surface area (Å²) in [5.74, 6) is 1.07. The number of pyridine rings is 1. The summed E-state index contributed by atoms with van der Waals surface area (Å²) in [6, 6.07) is 5.94. The van der Waals surface area contributed by atoms with E-state index in [1.54, 1.807) is 0 Å². The van der Waals surface area contributed by atoms with Crippen LogP contribution in [0.3, 0.4) is 0 Å². The highest BCUT2D eigenvalue weighted by molar-refractivity contribution is 5.90. The molecule has 1 N–H and O–H groups in total. The smallest absolute Gasteiger partial charge is 0.141 e. The third kappa shape index (κ3) is 1.83. The van der Waals surface area contributed by atoms with Crippen molar-refractivity contribution in [1.82, 2.24) is 10.3 Å². The van der Waals surface area contributed by atoms with Crippen LogP contribution in [0.15, 0.2) is 24.4 Å². The van der Waals surface area contributed by atoms with E-state index in [0.29, 0.717) is 11.7 Å². The fraction of sp³-hybridized carbons (Fsp3) is 0.625. The first kappa shape index (κ1) is 12.8. The molecule has 1 heterocycles. The summed E-state index contributed by atoms with van der Waals surface area (Å²) in [5.41, 5.74) is 1.06. The van der Waals surface area contributed by atoms with Gasteiger partial charge in [-0.3, -0.25) is 9.78 Å². The predicted octanol–water partition coefficient (Wildman–Crippen LogP) is 2.57. The van der Waals surface area contributed by atoms with Crippen molar-refractivity contribution in [3.63, 3.8) is 0 Å². The molecular weight excluding hydrogens is 236 g/mol. The maximum absolute atomic E-state index is 12.4. The van der Waals surface area contributed by atoms with Crippen LogP contribution < -0.4 is 5.32 Å². The minimum Gasteiger partial charge on any atom is -0.310 e. The van der Waals surface area contributed by atoms with Crippen LogP contribution in [-0.2, 0) is 11.3 Å². The van der Waals surface area contributed by atoms with Gasteiger partial charge in [0.25, 0.3) is 0 Å². The Hall–Kier alpha value is -1.22. The second-order valence-corrected chi connectivity index (χ2v) is 6.59. The van der Waals surface area contributed by atoms with Gasteiger partial charge in [-0.1, -0.05) is 19.9 Å². The predicted molar refractivity (Wildman–Crippen MR) is 74.5 cm³/mol. The lowest BCUT2D eigenvalue weighted by molar-refractivity contribution is -0.129. The van der Waals surface area contributed by atoms with Crippen LogP contribution in [0.5, 0.6) is 0 Å². The van der Waals surface area contributed by atoms with Gasteiger partial charge >= 0.3 is 0 Å². The highest BCUT2D eigenvalue weighted by atomic mass is 16.1. The van der Waals surface area contributed by atoms with Gasteiger partial charge in [0.1, 0.15) is 5.78 Å². The van der Waals surface area contributed by atoms with E-state index in [1.165, 1.54) is 6.42 Å². The lowest BCUT2D eigenvalue weighted by Crippen LogP contribution is -2.44. The van der Waals surface area contributed by atoms with Gasteiger partial charge in [0.05, 0.1) is 5.69 Å². The molecule has 0 amide bonds. The highest BCUT2D eigenvalue weighted by Crippen LogP contribution is 2.63. The van der Waals surface area contributed by atoms with E-state index in [4.69, 9.17) is 0 Å². The molecule has 2 aliphatic rings. The molecule has 102 valence electrons. The number of Topliss-reactive ketones (excluding diaryl/α,β-unsaturated/α-hetero) is 1. The minimum absolute atomic E-state index is 0.132. The maximum Gasteiger partial charge on any atom is 0.141 e. The van der Waals surface area contributed by atoms with Crippen LogP contribution in [-0.4, -0.2) is 17.3 Å². The molecule has 3 rings (SSSR count). The SMILES string of the molecule is CC1(C)C2CCC1(CNCc1ccccn1)C(=O)C2. The Morgan fingerprint density at radius 1 is 1.42 bits per heavy atom. The van der Waals surface area contributed by atoms with Crippen LogP contribution in [0.1, 0.15) is 38.8 Å². The number of nitrogens with zero attached hydrogens (tertiary/aromatic N) is 1. The van der Waals surface area contributed by atoms with Crippen molar-refractivity contribution >= 4 is 5.78 Å². The molecule has 0 aliphatic heterocycles. The fourth-order valence-corrected chi connectivity index (χ4v) is 4.09. The van der Waals surface area contributed by atoms with E-state index in [0.717, 1.165) is 31.6 Å². The number of hydrogen-bond acceptors (Lipinski definition) is 3. The van der Waals surface area contributed by atoms with Crippen LogP contribution in [0.2, 0.25) is 0 Å². The second-order valence-electron chi connectivity index (χ2n) is 6.59. The first-order valence-electron chi connectivity index (χ1n) is 7.20. The van der Waals surface area contributed by atoms with Gasteiger partial charge in [-0.15, -0.1) is 0 Å². The molecule has 0 radical (unpaired) electrons. The van der Waals surface area contributed by atoms with Gasteiger partial charge in [-0.05, 0) is 36.3 Å². The normalized spacial score (nSPS) is 31.9.